The molecule has 3 N–H and O–H groups in total. The number of halogens is 1. The number of alkyl halides is 1. The molecule has 4 amide bonds. The van der Waals surface area contributed by atoms with E-state index >= 15 is 0 Å². The van der Waals surface area contributed by atoms with Crippen LogP contribution < -0.4 is 11.1 Å². The predicted octanol–water partition coefficient (Wildman–Crippen LogP) is 1.04. The third-order valence-corrected chi connectivity index (χ3v) is 7.49. The van der Waals surface area contributed by atoms with Gasteiger partial charge in [-0.2, -0.15) is 15.3 Å². The van der Waals surface area contributed by atoms with E-state index in [-0.39, 0.29) is 50.0 Å². The first-order valence-electron chi connectivity index (χ1n) is 13.4. The molecular formula is C28H29FN10O4. The van der Waals surface area contributed by atoms with Gasteiger partial charge in [0.25, 0.3) is 5.91 Å². The fraction of sp³-hybridized carbons (Fsp3) is 0.321. The SMILES string of the molecule is C=C/C(=C\c1c(C(N)=O)nn(CC(=O)N2CC(F)CC2C(=O)Nc2ncnc3c2CN(C(C)=O)C3)c1C)c1ccnnc1. The van der Waals surface area contributed by atoms with E-state index in [4.69, 9.17) is 5.73 Å². The van der Waals surface area contributed by atoms with Crippen molar-refractivity contribution in [3.63, 3.8) is 0 Å². The first-order chi connectivity index (χ1) is 20.6. The third kappa shape index (κ3) is 5.86. The maximum absolute atomic E-state index is 14.6. The number of aromatic nitrogens is 6. The minimum atomic E-state index is -1.42. The van der Waals surface area contributed by atoms with Gasteiger partial charge in [0.2, 0.25) is 17.7 Å². The molecule has 0 aromatic carbocycles. The molecule has 14 nitrogen and oxygen atoms in total. The van der Waals surface area contributed by atoms with Gasteiger partial charge in [0.15, 0.2) is 5.69 Å². The number of fused-ring (bicyclic) bond motifs is 1. The summed E-state index contributed by atoms with van der Waals surface area (Å²) in [5, 5.41) is 14.6. The van der Waals surface area contributed by atoms with Gasteiger partial charge in [-0.1, -0.05) is 12.7 Å². The molecule has 15 heteroatoms. The standard InChI is InChI=1S/C28H29FN10O4/c1-4-17(18-5-6-33-34-9-18)7-20-15(2)39(36-25(20)26(30)42)13-24(41)38-10-19(29)8-23(38)28(43)35-27-21-11-37(16(3)40)12-22(21)31-14-32-27/h4-7,9,14,19,23H,1,8,10-13H2,2-3H3,(H2,30,42)(H,31,32,35,43)/b17-7+. The smallest absolute Gasteiger partial charge is 0.269 e. The summed E-state index contributed by atoms with van der Waals surface area (Å²) >= 11 is 0. The summed E-state index contributed by atoms with van der Waals surface area (Å²) in [6.07, 6.45) is 5.92. The van der Waals surface area contributed by atoms with E-state index in [1.54, 1.807) is 30.0 Å². The Balaban J connectivity index is 1.37. The molecule has 0 radical (unpaired) electrons. The molecule has 3 aromatic rings. The highest BCUT2D eigenvalue weighted by molar-refractivity contribution is 5.99. The van der Waals surface area contributed by atoms with E-state index in [0.717, 1.165) is 4.90 Å². The Kier molecular flexibility index (Phi) is 8.05. The first-order valence-corrected chi connectivity index (χ1v) is 13.4. The molecule has 2 aliphatic heterocycles. The first kappa shape index (κ1) is 29.2. The van der Waals surface area contributed by atoms with Gasteiger partial charge >= 0.3 is 0 Å². The molecule has 0 spiro atoms. The molecule has 1 fully saturated rings. The quantitative estimate of drug-likeness (QED) is 0.363. The number of likely N-dealkylation sites (tertiary alicyclic amines) is 1. The van der Waals surface area contributed by atoms with Gasteiger partial charge in [-0.3, -0.25) is 23.9 Å². The van der Waals surface area contributed by atoms with Crippen molar-refractivity contribution in [1.82, 2.24) is 39.7 Å². The molecule has 1 saturated heterocycles. The van der Waals surface area contributed by atoms with Crippen LogP contribution in [0, 0.1) is 6.92 Å². The van der Waals surface area contributed by atoms with Crippen molar-refractivity contribution < 1.29 is 23.6 Å². The monoisotopic (exact) mass is 588 g/mol. The topological polar surface area (TPSA) is 182 Å². The zero-order valence-corrected chi connectivity index (χ0v) is 23.5. The Morgan fingerprint density at radius 1 is 1.21 bits per heavy atom. The Hall–Kier alpha value is -5.34. The summed E-state index contributed by atoms with van der Waals surface area (Å²) in [6, 6.07) is 0.602. The summed E-state index contributed by atoms with van der Waals surface area (Å²) in [6.45, 7) is 6.77. The average molecular weight is 589 g/mol. The van der Waals surface area contributed by atoms with Crippen LogP contribution in [0.3, 0.4) is 0 Å². The Bertz CT molecular complexity index is 1650. The van der Waals surface area contributed by atoms with Gasteiger partial charge in [-0.05, 0) is 24.6 Å². The predicted molar refractivity (Wildman–Crippen MR) is 151 cm³/mol. The summed E-state index contributed by atoms with van der Waals surface area (Å²) in [7, 11) is 0. The molecule has 0 bridgehead atoms. The fourth-order valence-electron chi connectivity index (χ4n) is 5.18. The summed E-state index contributed by atoms with van der Waals surface area (Å²) in [5.74, 6) is -1.93. The summed E-state index contributed by atoms with van der Waals surface area (Å²) < 4.78 is 15.9. The van der Waals surface area contributed by atoms with E-state index in [0.29, 0.717) is 33.7 Å². The molecule has 0 aliphatic carbocycles. The van der Waals surface area contributed by atoms with Crippen molar-refractivity contribution in [1.29, 1.82) is 0 Å². The molecule has 3 aromatic heterocycles. The highest BCUT2D eigenvalue weighted by Gasteiger charge is 2.40. The second-order valence-electron chi connectivity index (χ2n) is 10.2. The molecule has 5 heterocycles. The molecule has 5 rings (SSSR count). The van der Waals surface area contributed by atoms with E-state index in [2.05, 4.69) is 37.2 Å². The van der Waals surface area contributed by atoms with Crippen molar-refractivity contribution in [3.8, 4) is 0 Å². The Morgan fingerprint density at radius 3 is 2.67 bits per heavy atom. The van der Waals surface area contributed by atoms with Crippen LogP contribution in [-0.2, 0) is 34.0 Å². The van der Waals surface area contributed by atoms with Gasteiger partial charge in [-0.25, -0.2) is 14.4 Å². The van der Waals surface area contributed by atoms with E-state index in [9.17, 15) is 23.6 Å². The van der Waals surface area contributed by atoms with Crippen LogP contribution in [0.5, 0.6) is 0 Å². The number of amides is 4. The lowest BCUT2D eigenvalue weighted by Crippen LogP contribution is -2.45. The van der Waals surface area contributed by atoms with Crippen molar-refractivity contribution in [3.05, 3.63) is 71.2 Å². The maximum atomic E-state index is 14.6. The van der Waals surface area contributed by atoms with Crippen LogP contribution in [0.25, 0.3) is 11.6 Å². The largest absolute Gasteiger partial charge is 0.364 e. The summed E-state index contributed by atoms with van der Waals surface area (Å²) in [5.41, 5.74) is 8.86. The number of carbonyl (C=O) groups is 4. The number of allylic oxidation sites excluding steroid dienone is 2. The van der Waals surface area contributed by atoms with Crippen LogP contribution in [-0.4, -0.2) is 82.1 Å². The molecule has 2 aliphatic rings. The normalized spacial score (nSPS) is 18.0. The minimum absolute atomic E-state index is 0.0667. The van der Waals surface area contributed by atoms with Crippen molar-refractivity contribution >= 4 is 41.1 Å². The van der Waals surface area contributed by atoms with Gasteiger partial charge in [-0.15, -0.1) is 0 Å². The number of rotatable bonds is 8. The minimum Gasteiger partial charge on any atom is -0.364 e. The lowest BCUT2D eigenvalue weighted by atomic mass is 10.0. The molecule has 43 heavy (non-hydrogen) atoms. The lowest BCUT2D eigenvalue weighted by Gasteiger charge is -2.24. The zero-order valence-electron chi connectivity index (χ0n) is 23.5. The number of hydrogen-bond donors (Lipinski definition) is 2. The molecular weight excluding hydrogens is 559 g/mol. The number of nitrogens with two attached hydrogens (primary N) is 1. The van der Waals surface area contributed by atoms with Gasteiger partial charge in [0.05, 0.1) is 37.7 Å². The second-order valence-corrected chi connectivity index (χ2v) is 10.2. The van der Waals surface area contributed by atoms with E-state index in [1.807, 2.05) is 0 Å². The molecule has 222 valence electrons. The summed E-state index contributed by atoms with van der Waals surface area (Å²) in [4.78, 5) is 61.9. The Labute approximate surface area is 245 Å². The molecule has 2 atom stereocenters. The van der Waals surface area contributed by atoms with Crippen molar-refractivity contribution in [2.75, 3.05) is 11.9 Å². The number of nitrogens with zero attached hydrogens (tertiary/aromatic N) is 8. The van der Waals surface area contributed by atoms with Gasteiger partial charge in [0.1, 0.15) is 30.9 Å². The van der Waals surface area contributed by atoms with Gasteiger partial charge in [0, 0.05) is 35.7 Å². The fourth-order valence-corrected chi connectivity index (χ4v) is 5.18. The average Bonchev–Trinajstić information content (AvgIpc) is 3.68. The number of carbonyl (C=O) groups excluding carboxylic acids is 4. The van der Waals surface area contributed by atoms with Crippen molar-refractivity contribution in [2.24, 2.45) is 5.73 Å². The van der Waals surface area contributed by atoms with Gasteiger partial charge < -0.3 is 20.9 Å². The third-order valence-electron chi connectivity index (χ3n) is 7.49. The number of anilines is 1. The highest BCUT2D eigenvalue weighted by Crippen LogP contribution is 2.28. The number of hydrogen-bond acceptors (Lipinski definition) is 9. The number of nitrogens with one attached hydrogen (secondary N) is 1. The van der Waals surface area contributed by atoms with E-state index in [1.165, 1.54) is 30.3 Å². The van der Waals surface area contributed by atoms with Crippen LogP contribution in [0.2, 0.25) is 0 Å². The van der Waals surface area contributed by atoms with Crippen LogP contribution in [0.1, 0.15) is 51.9 Å². The highest BCUT2D eigenvalue weighted by atomic mass is 19.1. The Morgan fingerprint density at radius 2 is 2.00 bits per heavy atom. The second kappa shape index (κ2) is 11.9. The maximum Gasteiger partial charge on any atom is 0.269 e. The van der Waals surface area contributed by atoms with Crippen LogP contribution in [0.15, 0.2) is 37.4 Å². The number of primary amides is 1. The molecule has 2 unspecified atom stereocenters. The lowest BCUT2D eigenvalue weighted by molar-refractivity contribution is -0.137. The van der Waals surface area contributed by atoms with E-state index < -0.39 is 29.9 Å². The van der Waals surface area contributed by atoms with Crippen LogP contribution in [0.4, 0.5) is 10.2 Å². The zero-order chi connectivity index (χ0) is 30.8. The molecule has 0 saturated carbocycles. The van der Waals surface area contributed by atoms with Crippen LogP contribution >= 0.6 is 0 Å². The van der Waals surface area contributed by atoms with Crippen molar-refractivity contribution in [2.45, 2.75) is 52.1 Å².